The Bertz CT molecular complexity index is 757. The van der Waals surface area contributed by atoms with Crippen LogP contribution in [0.3, 0.4) is 0 Å². The van der Waals surface area contributed by atoms with Crippen molar-refractivity contribution < 1.29 is 14.3 Å². The van der Waals surface area contributed by atoms with Crippen LogP contribution in [0.25, 0.3) is 11.3 Å². The number of halogens is 1. The third-order valence-corrected chi connectivity index (χ3v) is 5.88. The van der Waals surface area contributed by atoms with Crippen molar-refractivity contribution in [2.45, 2.75) is 39.2 Å². The Kier molecular flexibility index (Phi) is 8.02. The molecular weight excluding hydrogens is 440 g/mol. The molecule has 1 atom stereocenters. The van der Waals surface area contributed by atoms with Crippen LogP contribution in [0.2, 0.25) is 0 Å². The minimum Gasteiger partial charge on any atom is -0.381 e. The second-order valence-electron chi connectivity index (χ2n) is 7.38. The molecule has 1 aliphatic rings. The number of carbonyl (C=O) groups is 1. The number of rotatable bonds is 9. The zero-order valence-electron chi connectivity index (χ0n) is 16.4. The molecule has 7 heteroatoms. The maximum absolute atomic E-state index is 12.9. The molecule has 2 heterocycles. The van der Waals surface area contributed by atoms with Crippen LogP contribution in [-0.2, 0) is 14.3 Å². The van der Waals surface area contributed by atoms with Crippen LogP contribution in [0, 0.1) is 5.92 Å². The SMILES string of the molecule is CC(C)COCCC(=O)N(CC1CCCO1)c1nc(-c2ccc(Br)cc2)cs1. The van der Waals surface area contributed by atoms with Crippen LogP contribution < -0.4 is 4.90 Å². The molecule has 2 aromatic rings. The first kappa shape index (κ1) is 21.4. The molecule has 1 unspecified atom stereocenters. The molecule has 0 saturated carbocycles. The van der Waals surface area contributed by atoms with Gasteiger partial charge in [-0.05, 0) is 30.9 Å². The van der Waals surface area contributed by atoms with E-state index in [4.69, 9.17) is 14.5 Å². The number of hydrogen-bond donors (Lipinski definition) is 0. The van der Waals surface area contributed by atoms with E-state index in [1.165, 1.54) is 11.3 Å². The zero-order valence-corrected chi connectivity index (χ0v) is 18.8. The Balaban J connectivity index is 1.70. The van der Waals surface area contributed by atoms with Gasteiger partial charge in [0.2, 0.25) is 5.91 Å². The summed E-state index contributed by atoms with van der Waals surface area (Å²) in [7, 11) is 0. The largest absolute Gasteiger partial charge is 0.381 e. The minimum absolute atomic E-state index is 0.0379. The van der Waals surface area contributed by atoms with Gasteiger partial charge in [-0.25, -0.2) is 4.98 Å². The van der Waals surface area contributed by atoms with Crippen LogP contribution in [0.5, 0.6) is 0 Å². The lowest BCUT2D eigenvalue weighted by Gasteiger charge is -2.23. The smallest absolute Gasteiger partial charge is 0.231 e. The summed E-state index contributed by atoms with van der Waals surface area (Å²) in [6.45, 7) is 6.63. The van der Waals surface area contributed by atoms with E-state index in [-0.39, 0.29) is 12.0 Å². The second-order valence-corrected chi connectivity index (χ2v) is 9.13. The van der Waals surface area contributed by atoms with Gasteiger partial charge >= 0.3 is 0 Å². The third kappa shape index (κ3) is 6.11. The number of anilines is 1. The predicted molar refractivity (Wildman–Crippen MR) is 117 cm³/mol. The van der Waals surface area contributed by atoms with E-state index in [0.29, 0.717) is 32.1 Å². The van der Waals surface area contributed by atoms with Crippen molar-refractivity contribution in [1.29, 1.82) is 0 Å². The summed E-state index contributed by atoms with van der Waals surface area (Å²) in [5.74, 6) is 0.501. The first-order valence-corrected chi connectivity index (χ1v) is 11.4. The maximum Gasteiger partial charge on any atom is 0.231 e. The summed E-state index contributed by atoms with van der Waals surface area (Å²) in [6.07, 6.45) is 2.47. The summed E-state index contributed by atoms with van der Waals surface area (Å²) in [5, 5.41) is 2.73. The van der Waals surface area contributed by atoms with Crippen molar-refractivity contribution >= 4 is 38.3 Å². The third-order valence-electron chi connectivity index (χ3n) is 4.49. The fraction of sp³-hybridized carbons (Fsp3) is 0.524. The molecule has 1 amide bonds. The highest BCUT2D eigenvalue weighted by molar-refractivity contribution is 9.10. The zero-order chi connectivity index (χ0) is 19.9. The van der Waals surface area contributed by atoms with Gasteiger partial charge < -0.3 is 9.47 Å². The van der Waals surface area contributed by atoms with Crippen molar-refractivity contribution in [1.82, 2.24) is 4.98 Å². The molecule has 0 spiro atoms. The Labute approximate surface area is 179 Å². The molecule has 1 fully saturated rings. The summed E-state index contributed by atoms with van der Waals surface area (Å²) < 4.78 is 12.4. The lowest BCUT2D eigenvalue weighted by molar-refractivity contribution is -0.120. The Morgan fingerprint density at radius 3 is 2.86 bits per heavy atom. The number of amides is 1. The van der Waals surface area contributed by atoms with E-state index in [9.17, 15) is 4.79 Å². The van der Waals surface area contributed by atoms with E-state index >= 15 is 0 Å². The van der Waals surface area contributed by atoms with Gasteiger partial charge in [0.05, 0.1) is 31.4 Å². The Morgan fingerprint density at radius 1 is 1.39 bits per heavy atom. The van der Waals surface area contributed by atoms with Crippen molar-refractivity contribution in [2.75, 3.05) is 31.3 Å². The molecule has 3 rings (SSSR count). The van der Waals surface area contributed by atoms with Crippen LogP contribution in [0.15, 0.2) is 34.1 Å². The molecule has 0 bridgehead atoms. The Hall–Kier alpha value is -1.28. The van der Waals surface area contributed by atoms with E-state index in [1.54, 1.807) is 4.90 Å². The topological polar surface area (TPSA) is 51.7 Å². The molecule has 1 aliphatic heterocycles. The average Bonchev–Trinajstić information content (AvgIpc) is 3.35. The number of aromatic nitrogens is 1. The molecule has 1 aromatic heterocycles. The average molecular weight is 467 g/mol. The van der Waals surface area contributed by atoms with Gasteiger partial charge in [0, 0.05) is 28.6 Å². The van der Waals surface area contributed by atoms with Crippen LogP contribution in [0.1, 0.15) is 33.1 Å². The lowest BCUT2D eigenvalue weighted by Crippen LogP contribution is -2.38. The first-order chi connectivity index (χ1) is 13.5. The van der Waals surface area contributed by atoms with Crippen LogP contribution in [0.4, 0.5) is 5.13 Å². The van der Waals surface area contributed by atoms with Crippen LogP contribution >= 0.6 is 27.3 Å². The van der Waals surface area contributed by atoms with Gasteiger partial charge in [0.15, 0.2) is 5.13 Å². The van der Waals surface area contributed by atoms with E-state index in [1.807, 2.05) is 29.6 Å². The molecular formula is C21H27BrN2O3S. The normalized spacial score (nSPS) is 16.6. The molecule has 5 nitrogen and oxygen atoms in total. The highest BCUT2D eigenvalue weighted by Crippen LogP contribution is 2.29. The fourth-order valence-electron chi connectivity index (χ4n) is 3.03. The highest BCUT2D eigenvalue weighted by Gasteiger charge is 2.25. The van der Waals surface area contributed by atoms with Gasteiger partial charge in [-0.1, -0.05) is 41.9 Å². The van der Waals surface area contributed by atoms with E-state index in [2.05, 4.69) is 29.8 Å². The highest BCUT2D eigenvalue weighted by atomic mass is 79.9. The Morgan fingerprint density at radius 2 is 2.18 bits per heavy atom. The fourth-order valence-corrected chi connectivity index (χ4v) is 4.16. The molecule has 1 saturated heterocycles. The number of ether oxygens (including phenoxy) is 2. The number of hydrogen-bond acceptors (Lipinski definition) is 5. The monoisotopic (exact) mass is 466 g/mol. The van der Waals surface area contributed by atoms with Crippen molar-refractivity contribution in [2.24, 2.45) is 5.92 Å². The van der Waals surface area contributed by atoms with Crippen molar-refractivity contribution in [3.63, 3.8) is 0 Å². The molecule has 0 radical (unpaired) electrons. The molecule has 152 valence electrons. The molecule has 0 aliphatic carbocycles. The van der Waals surface area contributed by atoms with E-state index in [0.717, 1.165) is 40.3 Å². The maximum atomic E-state index is 12.9. The first-order valence-electron chi connectivity index (χ1n) is 9.74. The van der Waals surface area contributed by atoms with Gasteiger partial charge in [-0.2, -0.15) is 0 Å². The molecule has 1 aromatic carbocycles. The summed E-state index contributed by atoms with van der Waals surface area (Å²) in [5.41, 5.74) is 1.92. The van der Waals surface area contributed by atoms with Crippen molar-refractivity contribution in [3.05, 3.63) is 34.1 Å². The van der Waals surface area contributed by atoms with E-state index < -0.39 is 0 Å². The summed E-state index contributed by atoms with van der Waals surface area (Å²) in [4.78, 5) is 19.4. The molecule has 28 heavy (non-hydrogen) atoms. The van der Waals surface area contributed by atoms with Crippen LogP contribution in [-0.4, -0.2) is 43.4 Å². The van der Waals surface area contributed by atoms with Crippen molar-refractivity contribution in [3.8, 4) is 11.3 Å². The lowest BCUT2D eigenvalue weighted by atomic mass is 10.2. The molecule has 0 N–H and O–H groups in total. The number of nitrogens with zero attached hydrogens (tertiary/aromatic N) is 2. The van der Waals surface area contributed by atoms with Gasteiger partial charge in [0.25, 0.3) is 0 Å². The summed E-state index contributed by atoms with van der Waals surface area (Å²) in [6, 6.07) is 8.04. The quantitative estimate of drug-likeness (QED) is 0.479. The minimum atomic E-state index is 0.0379. The number of thiazole rings is 1. The number of benzene rings is 1. The number of carbonyl (C=O) groups excluding carboxylic acids is 1. The predicted octanol–water partition coefficient (Wildman–Crippen LogP) is 5.15. The summed E-state index contributed by atoms with van der Waals surface area (Å²) >= 11 is 4.96. The standard InChI is InChI=1S/C21H27BrN2O3S/c1-15(2)13-26-11-9-20(25)24(12-18-4-3-10-27-18)21-23-19(14-28-21)16-5-7-17(22)8-6-16/h5-8,14-15,18H,3-4,9-13H2,1-2H3. The second kappa shape index (κ2) is 10.5. The van der Waals surface area contributed by atoms with Gasteiger partial charge in [-0.3, -0.25) is 9.69 Å². The van der Waals surface area contributed by atoms with Gasteiger partial charge in [-0.15, -0.1) is 11.3 Å². The van der Waals surface area contributed by atoms with Gasteiger partial charge in [0.1, 0.15) is 0 Å².